The van der Waals surface area contributed by atoms with Crippen molar-refractivity contribution in [3.8, 4) is 17.0 Å². The molecule has 4 aromatic rings. The quantitative estimate of drug-likeness (QED) is 0.256. The highest BCUT2D eigenvalue weighted by Gasteiger charge is 2.11. The predicted octanol–water partition coefficient (Wildman–Crippen LogP) is 4.43. The molecular weight excluding hydrogens is 376 g/mol. The number of carbonyl (C=O) groups excluding carboxylic acids is 1. The van der Waals surface area contributed by atoms with Crippen LogP contribution in [0.2, 0.25) is 0 Å². The van der Waals surface area contributed by atoms with Gasteiger partial charge in [-0.15, -0.1) is 6.58 Å². The van der Waals surface area contributed by atoms with Crippen molar-refractivity contribution >= 4 is 22.9 Å². The molecule has 0 spiro atoms. The number of phenolic OH excluding ortho intramolecular Hbond substituents is 1. The summed E-state index contributed by atoms with van der Waals surface area (Å²) in [5.74, 6) is -0.303. The highest BCUT2D eigenvalue weighted by molar-refractivity contribution is 5.95. The van der Waals surface area contributed by atoms with Crippen molar-refractivity contribution in [2.75, 3.05) is 0 Å². The highest BCUT2D eigenvalue weighted by atomic mass is 16.3. The fourth-order valence-electron chi connectivity index (χ4n) is 3.19. The number of aromatic nitrogens is 2. The predicted molar refractivity (Wildman–Crippen MR) is 119 cm³/mol. The molecular formula is C24H20N4O2. The van der Waals surface area contributed by atoms with E-state index < -0.39 is 5.91 Å². The summed E-state index contributed by atoms with van der Waals surface area (Å²) in [5, 5.41) is 23.4. The number of aromatic hydroxyl groups is 1. The van der Waals surface area contributed by atoms with Gasteiger partial charge >= 0.3 is 0 Å². The van der Waals surface area contributed by atoms with E-state index in [0.717, 1.165) is 21.9 Å². The zero-order chi connectivity index (χ0) is 20.9. The summed E-state index contributed by atoms with van der Waals surface area (Å²) >= 11 is 0. The molecule has 6 heteroatoms. The van der Waals surface area contributed by atoms with Crippen LogP contribution >= 0.6 is 0 Å². The molecule has 0 saturated heterocycles. The number of benzene rings is 3. The van der Waals surface area contributed by atoms with Crippen molar-refractivity contribution in [3.05, 3.63) is 96.2 Å². The summed E-state index contributed by atoms with van der Waals surface area (Å²) in [6.45, 7) is 3.67. The fraction of sp³-hybridized carbons (Fsp3) is 0.0417. The zero-order valence-electron chi connectivity index (χ0n) is 16.2. The van der Waals surface area contributed by atoms with Crippen molar-refractivity contribution < 1.29 is 9.90 Å². The van der Waals surface area contributed by atoms with Crippen LogP contribution in [0.25, 0.3) is 22.0 Å². The summed E-state index contributed by atoms with van der Waals surface area (Å²) < 4.78 is 0. The Morgan fingerprint density at radius 1 is 1.10 bits per heavy atom. The molecule has 0 aliphatic heterocycles. The number of nitrogens with one attached hydrogen (secondary N) is 2. The van der Waals surface area contributed by atoms with E-state index in [1.807, 2.05) is 54.6 Å². The van der Waals surface area contributed by atoms with E-state index in [1.165, 1.54) is 6.21 Å². The monoisotopic (exact) mass is 396 g/mol. The maximum absolute atomic E-state index is 12.4. The second kappa shape index (κ2) is 8.45. The van der Waals surface area contributed by atoms with E-state index in [9.17, 15) is 9.90 Å². The molecule has 0 aliphatic carbocycles. The summed E-state index contributed by atoms with van der Waals surface area (Å²) in [7, 11) is 0. The Balaban J connectivity index is 1.47. The Kier molecular flexibility index (Phi) is 5.39. The van der Waals surface area contributed by atoms with Gasteiger partial charge in [-0.2, -0.15) is 10.2 Å². The Labute approximate surface area is 173 Å². The van der Waals surface area contributed by atoms with Crippen LogP contribution in [-0.2, 0) is 6.42 Å². The van der Waals surface area contributed by atoms with Crippen LogP contribution in [-0.4, -0.2) is 27.4 Å². The van der Waals surface area contributed by atoms with E-state index >= 15 is 0 Å². The van der Waals surface area contributed by atoms with Crippen LogP contribution in [0.5, 0.6) is 5.75 Å². The molecule has 0 radical (unpaired) electrons. The second-order valence-corrected chi connectivity index (χ2v) is 6.78. The number of amides is 1. The number of hydrogen-bond acceptors (Lipinski definition) is 4. The minimum absolute atomic E-state index is 0.121. The number of hydrazone groups is 1. The molecule has 0 aliphatic rings. The van der Waals surface area contributed by atoms with Gasteiger partial charge in [0.25, 0.3) is 5.91 Å². The molecule has 1 amide bonds. The third-order valence-corrected chi connectivity index (χ3v) is 4.75. The first kappa shape index (κ1) is 19.1. The molecule has 0 saturated carbocycles. The Hall–Kier alpha value is -4.19. The number of para-hydroxylation sites is 1. The number of carbonyl (C=O) groups is 1. The summed E-state index contributed by atoms with van der Waals surface area (Å²) in [6, 6.07) is 21.1. The average molecular weight is 396 g/mol. The molecule has 0 bridgehead atoms. The molecule has 1 heterocycles. The topological polar surface area (TPSA) is 90.4 Å². The minimum atomic E-state index is -0.424. The van der Waals surface area contributed by atoms with Crippen molar-refractivity contribution in [2.24, 2.45) is 5.10 Å². The van der Waals surface area contributed by atoms with Crippen LogP contribution in [0, 0.1) is 0 Å². The lowest BCUT2D eigenvalue weighted by Gasteiger charge is -2.04. The lowest BCUT2D eigenvalue weighted by atomic mass is 10.1. The van der Waals surface area contributed by atoms with Crippen molar-refractivity contribution in [2.45, 2.75) is 6.42 Å². The van der Waals surface area contributed by atoms with Gasteiger partial charge in [0.1, 0.15) is 11.4 Å². The zero-order valence-corrected chi connectivity index (χ0v) is 16.2. The number of nitrogens with zero attached hydrogens (tertiary/aromatic N) is 2. The first-order chi connectivity index (χ1) is 14.7. The lowest BCUT2D eigenvalue weighted by Crippen LogP contribution is -2.18. The van der Waals surface area contributed by atoms with Crippen molar-refractivity contribution in [3.63, 3.8) is 0 Å². The molecule has 3 N–H and O–H groups in total. The lowest BCUT2D eigenvalue weighted by molar-refractivity contribution is 0.0950. The fourth-order valence-corrected chi connectivity index (χ4v) is 3.19. The average Bonchev–Trinajstić information content (AvgIpc) is 3.26. The molecule has 0 fully saturated rings. The molecule has 1 aromatic heterocycles. The Morgan fingerprint density at radius 3 is 2.77 bits per heavy atom. The second-order valence-electron chi connectivity index (χ2n) is 6.78. The first-order valence-electron chi connectivity index (χ1n) is 9.45. The molecule has 30 heavy (non-hydrogen) atoms. The maximum atomic E-state index is 12.4. The number of rotatable bonds is 6. The van der Waals surface area contributed by atoms with Crippen LogP contribution < -0.4 is 5.43 Å². The van der Waals surface area contributed by atoms with E-state index in [0.29, 0.717) is 23.4 Å². The molecule has 148 valence electrons. The number of phenols is 1. The van der Waals surface area contributed by atoms with Crippen LogP contribution in [0.3, 0.4) is 0 Å². The largest absolute Gasteiger partial charge is 0.507 e. The number of H-pyrrole nitrogens is 1. The van der Waals surface area contributed by atoms with Gasteiger partial charge in [0.15, 0.2) is 0 Å². The van der Waals surface area contributed by atoms with Gasteiger partial charge in [-0.25, -0.2) is 5.43 Å². The SMILES string of the molecule is C=CCc1cccc(C=NNC(=O)c2cc(-c3ccc4ccccc4c3)n[nH]2)c1O. The first-order valence-corrected chi connectivity index (χ1v) is 9.45. The van der Waals surface area contributed by atoms with Crippen LogP contribution in [0.4, 0.5) is 0 Å². The highest BCUT2D eigenvalue weighted by Crippen LogP contribution is 2.24. The van der Waals surface area contributed by atoms with Gasteiger partial charge in [0.05, 0.1) is 11.9 Å². The minimum Gasteiger partial charge on any atom is -0.507 e. The van der Waals surface area contributed by atoms with Crippen LogP contribution in [0.1, 0.15) is 21.6 Å². The standard InChI is InChI=1S/C24H20N4O2/c1-2-6-17-9-5-10-20(23(17)29)15-25-28-24(30)22-14-21(26-27-22)19-12-11-16-7-3-4-8-18(16)13-19/h2-5,7-15,29H,1,6H2,(H,26,27)(H,28,30). The Morgan fingerprint density at radius 2 is 1.93 bits per heavy atom. The number of fused-ring (bicyclic) bond motifs is 1. The van der Waals surface area contributed by atoms with Gasteiger partial charge in [0.2, 0.25) is 0 Å². The van der Waals surface area contributed by atoms with Crippen molar-refractivity contribution in [1.29, 1.82) is 0 Å². The van der Waals surface area contributed by atoms with E-state index in [2.05, 4.69) is 27.3 Å². The van der Waals surface area contributed by atoms with Gasteiger partial charge in [-0.3, -0.25) is 9.89 Å². The van der Waals surface area contributed by atoms with Gasteiger partial charge < -0.3 is 5.11 Å². The third-order valence-electron chi connectivity index (χ3n) is 4.75. The smallest absolute Gasteiger partial charge is 0.289 e. The van der Waals surface area contributed by atoms with E-state index in [4.69, 9.17) is 0 Å². The molecule has 3 aromatic carbocycles. The van der Waals surface area contributed by atoms with Gasteiger partial charge in [0, 0.05) is 11.1 Å². The summed E-state index contributed by atoms with van der Waals surface area (Å²) in [6.07, 6.45) is 3.66. The molecule has 0 unspecified atom stereocenters. The number of aromatic amines is 1. The van der Waals surface area contributed by atoms with E-state index in [1.54, 1.807) is 18.2 Å². The van der Waals surface area contributed by atoms with Crippen LogP contribution in [0.15, 0.2) is 84.5 Å². The Bertz CT molecular complexity index is 1260. The van der Waals surface area contributed by atoms with Crippen molar-refractivity contribution in [1.82, 2.24) is 15.6 Å². The number of allylic oxidation sites excluding steroid dienone is 1. The molecule has 4 rings (SSSR count). The third kappa shape index (κ3) is 3.98. The maximum Gasteiger partial charge on any atom is 0.289 e. The number of hydrogen-bond donors (Lipinski definition) is 3. The molecule has 6 nitrogen and oxygen atoms in total. The van der Waals surface area contributed by atoms with Gasteiger partial charge in [-0.05, 0) is 41.0 Å². The van der Waals surface area contributed by atoms with Gasteiger partial charge in [-0.1, -0.05) is 54.6 Å². The summed E-state index contributed by atoms with van der Waals surface area (Å²) in [5.41, 5.74) is 5.58. The van der Waals surface area contributed by atoms with E-state index in [-0.39, 0.29) is 5.75 Å². The summed E-state index contributed by atoms with van der Waals surface area (Å²) in [4.78, 5) is 12.4. The normalized spacial score (nSPS) is 11.1. The molecule has 0 atom stereocenters.